The van der Waals surface area contributed by atoms with Crippen LogP contribution < -0.4 is 10.5 Å². The van der Waals surface area contributed by atoms with Crippen LogP contribution in [0.25, 0.3) is 0 Å². The van der Waals surface area contributed by atoms with Crippen molar-refractivity contribution in [2.24, 2.45) is 12.8 Å². The first-order chi connectivity index (χ1) is 9.15. The molecular weight excluding hydrogens is 262 g/mol. The number of benzene rings is 1. The molecule has 1 aromatic carbocycles. The smallest absolute Gasteiger partial charge is 0.147 e. The van der Waals surface area contributed by atoms with E-state index in [1.807, 2.05) is 17.7 Å². The van der Waals surface area contributed by atoms with Gasteiger partial charge in [0, 0.05) is 13.1 Å². The Labute approximate surface area is 117 Å². The van der Waals surface area contributed by atoms with E-state index in [-0.39, 0.29) is 6.04 Å². The number of aromatic nitrogens is 2. The molecule has 0 saturated carbocycles. The minimum absolute atomic E-state index is 0.178. The number of nitrogens with two attached hydrogens (primary N) is 1. The maximum absolute atomic E-state index is 6.02. The van der Waals surface area contributed by atoms with Crippen LogP contribution in [0.4, 0.5) is 0 Å². The van der Waals surface area contributed by atoms with Gasteiger partial charge >= 0.3 is 0 Å². The summed E-state index contributed by atoms with van der Waals surface area (Å²) in [6.45, 7) is 0.411. The first-order valence-electron chi connectivity index (χ1n) is 6.32. The lowest BCUT2D eigenvalue weighted by Crippen LogP contribution is -2.05. The number of nitrogens with zero attached hydrogens (tertiary/aromatic N) is 2. The van der Waals surface area contributed by atoms with Crippen molar-refractivity contribution in [2.45, 2.75) is 25.5 Å². The van der Waals surface area contributed by atoms with Crippen molar-refractivity contribution in [1.29, 1.82) is 0 Å². The third-order valence-electron chi connectivity index (χ3n) is 3.63. The molecule has 0 amide bonds. The predicted molar refractivity (Wildman–Crippen MR) is 74.2 cm³/mol. The molecule has 0 aliphatic heterocycles. The molecule has 1 aromatic heterocycles. The van der Waals surface area contributed by atoms with Crippen LogP contribution in [0.15, 0.2) is 24.4 Å². The second kappa shape index (κ2) is 4.87. The second-order valence-electron chi connectivity index (χ2n) is 4.85. The number of imidazole rings is 1. The van der Waals surface area contributed by atoms with E-state index in [0.717, 1.165) is 24.4 Å². The van der Waals surface area contributed by atoms with Gasteiger partial charge in [-0.3, -0.25) is 0 Å². The van der Waals surface area contributed by atoms with Gasteiger partial charge in [-0.05, 0) is 36.1 Å². The highest BCUT2D eigenvalue weighted by Crippen LogP contribution is 2.32. The monoisotopic (exact) mass is 277 g/mol. The van der Waals surface area contributed by atoms with E-state index in [1.54, 1.807) is 6.20 Å². The first kappa shape index (κ1) is 12.5. The number of fused-ring (bicyclic) bond motifs is 1. The number of halogens is 1. The average molecular weight is 278 g/mol. The highest BCUT2D eigenvalue weighted by Gasteiger charge is 2.19. The van der Waals surface area contributed by atoms with Gasteiger partial charge in [0.25, 0.3) is 0 Å². The van der Waals surface area contributed by atoms with Gasteiger partial charge in [0.05, 0.1) is 6.20 Å². The molecule has 2 aromatic rings. The zero-order valence-corrected chi connectivity index (χ0v) is 11.5. The molecular formula is C14H16ClN3O. The van der Waals surface area contributed by atoms with Crippen LogP contribution in [0, 0.1) is 0 Å². The quantitative estimate of drug-likeness (QED) is 0.938. The Balaban J connectivity index is 1.73. The molecule has 0 radical (unpaired) electrons. The maximum atomic E-state index is 6.02. The molecule has 1 atom stereocenters. The minimum Gasteiger partial charge on any atom is -0.486 e. The molecule has 4 nitrogen and oxygen atoms in total. The van der Waals surface area contributed by atoms with E-state index in [0.29, 0.717) is 11.8 Å². The van der Waals surface area contributed by atoms with Gasteiger partial charge in [0.15, 0.2) is 0 Å². The van der Waals surface area contributed by atoms with Crippen molar-refractivity contribution in [2.75, 3.05) is 0 Å². The highest BCUT2D eigenvalue weighted by atomic mass is 35.5. The fraction of sp³-hybridized carbons (Fsp3) is 0.357. The van der Waals surface area contributed by atoms with E-state index in [1.165, 1.54) is 11.1 Å². The van der Waals surface area contributed by atoms with Gasteiger partial charge in [-0.15, -0.1) is 0 Å². The summed E-state index contributed by atoms with van der Waals surface area (Å²) in [5, 5.41) is 0.610. The Kier molecular flexibility index (Phi) is 3.21. The first-order valence-corrected chi connectivity index (χ1v) is 6.70. The lowest BCUT2D eigenvalue weighted by atomic mass is 10.1. The predicted octanol–water partition coefficient (Wildman–Crippen LogP) is 2.60. The molecule has 1 aliphatic rings. The lowest BCUT2D eigenvalue weighted by Gasteiger charge is -2.09. The van der Waals surface area contributed by atoms with Gasteiger partial charge in [-0.1, -0.05) is 17.7 Å². The Morgan fingerprint density at radius 3 is 3.11 bits per heavy atom. The van der Waals surface area contributed by atoms with E-state index < -0.39 is 0 Å². The van der Waals surface area contributed by atoms with Gasteiger partial charge < -0.3 is 15.0 Å². The Hall–Kier alpha value is -1.52. The summed E-state index contributed by atoms with van der Waals surface area (Å²) in [4.78, 5) is 4.20. The van der Waals surface area contributed by atoms with E-state index in [4.69, 9.17) is 22.1 Å². The normalized spacial score (nSPS) is 17.5. The molecule has 0 fully saturated rings. The zero-order chi connectivity index (χ0) is 13.4. The van der Waals surface area contributed by atoms with Crippen LogP contribution in [0.2, 0.25) is 5.15 Å². The summed E-state index contributed by atoms with van der Waals surface area (Å²) in [6, 6.07) is 6.28. The average Bonchev–Trinajstić information content (AvgIpc) is 2.93. The molecule has 100 valence electrons. The molecule has 2 N–H and O–H groups in total. The third kappa shape index (κ3) is 2.33. The number of aryl methyl sites for hydroxylation is 1. The molecule has 1 aliphatic carbocycles. The van der Waals surface area contributed by atoms with Crippen molar-refractivity contribution < 1.29 is 4.74 Å². The van der Waals surface area contributed by atoms with Crippen LogP contribution in [0.5, 0.6) is 5.75 Å². The number of rotatable bonds is 3. The van der Waals surface area contributed by atoms with Gasteiger partial charge in [-0.2, -0.15) is 0 Å². The van der Waals surface area contributed by atoms with Gasteiger partial charge in [0.2, 0.25) is 0 Å². The van der Waals surface area contributed by atoms with Crippen molar-refractivity contribution in [1.82, 2.24) is 9.55 Å². The minimum atomic E-state index is 0.178. The second-order valence-corrected chi connectivity index (χ2v) is 5.24. The van der Waals surface area contributed by atoms with Crippen molar-refractivity contribution in [3.05, 3.63) is 46.5 Å². The summed E-state index contributed by atoms with van der Waals surface area (Å²) < 4.78 is 7.57. The highest BCUT2D eigenvalue weighted by molar-refractivity contribution is 6.29. The maximum Gasteiger partial charge on any atom is 0.147 e. The van der Waals surface area contributed by atoms with Crippen LogP contribution >= 0.6 is 11.6 Å². The summed E-state index contributed by atoms with van der Waals surface area (Å²) in [5.41, 5.74) is 8.55. The largest absolute Gasteiger partial charge is 0.486 e. The van der Waals surface area contributed by atoms with Crippen molar-refractivity contribution in [3.8, 4) is 5.75 Å². The van der Waals surface area contributed by atoms with E-state index in [9.17, 15) is 0 Å². The number of hydrogen-bond acceptors (Lipinski definition) is 3. The Morgan fingerprint density at radius 2 is 2.37 bits per heavy atom. The summed E-state index contributed by atoms with van der Waals surface area (Å²) in [7, 11) is 1.87. The molecule has 0 unspecified atom stereocenters. The molecule has 0 saturated heterocycles. The summed E-state index contributed by atoms with van der Waals surface area (Å²) in [5.74, 6) is 1.66. The molecule has 3 rings (SSSR count). The lowest BCUT2D eigenvalue weighted by molar-refractivity contribution is 0.291. The van der Waals surface area contributed by atoms with Gasteiger partial charge in [-0.25, -0.2) is 4.98 Å². The number of ether oxygens (including phenoxy) is 1. The molecule has 5 heteroatoms. The zero-order valence-electron chi connectivity index (χ0n) is 10.8. The summed E-state index contributed by atoms with van der Waals surface area (Å²) >= 11 is 5.93. The van der Waals surface area contributed by atoms with E-state index >= 15 is 0 Å². The fourth-order valence-electron chi connectivity index (χ4n) is 2.42. The van der Waals surface area contributed by atoms with Gasteiger partial charge in [0.1, 0.15) is 23.3 Å². The molecule has 1 heterocycles. The Bertz CT molecular complexity index is 609. The number of hydrogen-bond donors (Lipinski definition) is 1. The van der Waals surface area contributed by atoms with Crippen LogP contribution in [-0.2, 0) is 20.1 Å². The molecule has 0 bridgehead atoms. The summed E-state index contributed by atoms with van der Waals surface area (Å²) in [6.07, 6.45) is 3.68. The van der Waals surface area contributed by atoms with Crippen LogP contribution in [0.1, 0.15) is 29.4 Å². The topological polar surface area (TPSA) is 53.1 Å². The van der Waals surface area contributed by atoms with Crippen molar-refractivity contribution in [3.63, 3.8) is 0 Å². The van der Waals surface area contributed by atoms with Crippen molar-refractivity contribution >= 4 is 11.6 Å². The fourth-order valence-corrected chi connectivity index (χ4v) is 2.57. The standard InChI is InChI=1S/C14H16ClN3O/c1-18-13(15)7-17-14(18)8-19-10-3-4-11-9(6-10)2-5-12(11)16/h3-4,6-7,12H,2,5,8,16H2,1H3/t12-/m0/s1. The third-order valence-corrected chi connectivity index (χ3v) is 3.99. The van der Waals surface area contributed by atoms with E-state index in [2.05, 4.69) is 17.1 Å². The van der Waals surface area contributed by atoms with Crippen LogP contribution in [-0.4, -0.2) is 9.55 Å². The molecule has 19 heavy (non-hydrogen) atoms. The Morgan fingerprint density at radius 1 is 1.53 bits per heavy atom. The van der Waals surface area contributed by atoms with Crippen LogP contribution in [0.3, 0.4) is 0 Å². The molecule has 0 spiro atoms. The SMILES string of the molecule is Cn1c(Cl)cnc1COc1ccc2c(c1)CC[C@@H]2N.